The second-order valence-corrected chi connectivity index (χ2v) is 13.4. The van der Waals surface area contributed by atoms with Gasteiger partial charge in [-0.3, -0.25) is 4.79 Å². The Kier molecular flexibility index (Phi) is 35.2. The van der Waals surface area contributed by atoms with Gasteiger partial charge in [0.05, 0.1) is 0 Å². The van der Waals surface area contributed by atoms with Gasteiger partial charge >= 0.3 is 0 Å². The van der Waals surface area contributed by atoms with E-state index in [1.165, 1.54) is 192 Å². The van der Waals surface area contributed by atoms with Gasteiger partial charge in [-0.15, -0.1) is 6.58 Å². The first-order chi connectivity index (χ1) is 20.7. The lowest BCUT2D eigenvalue weighted by molar-refractivity contribution is -0.121. The minimum absolute atomic E-state index is 0.267. The molecule has 0 saturated carbocycles. The molecule has 0 rings (SSSR count). The molecule has 0 bridgehead atoms. The first-order valence-corrected chi connectivity index (χ1v) is 19.2. The number of hydrogen-bond donors (Lipinski definition) is 1. The van der Waals surface area contributed by atoms with E-state index in [2.05, 4.69) is 37.9 Å². The summed E-state index contributed by atoms with van der Waals surface area (Å²) in [4.78, 5) is 12.1. The second kappa shape index (κ2) is 36.1. The molecular formula is C40H77NO. The second-order valence-electron chi connectivity index (χ2n) is 13.4. The molecule has 0 aliphatic heterocycles. The van der Waals surface area contributed by atoms with Gasteiger partial charge in [0.2, 0.25) is 5.91 Å². The van der Waals surface area contributed by atoms with E-state index in [0.717, 1.165) is 25.8 Å². The van der Waals surface area contributed by atoms with Crippen LogP contribution in [-0.4, -0.2) is 12.5 Å². The number of carbonyl (C=O) groups excluding carboxylic acids is 1. The van der Waals surface area contributed by atoms with Gasteiger partial charge in [-0.25, -0.2) is 0 Å². The maximum absolute atomic E-state index is 12.1. The molecule has 0 saturated heterocycles. The van der Waals surface area contributed by atoms with Gasteiger partial charge in [0, 0.05) is 13.0 Å². The van der Waals surface area contributed by atoms with Crippen LogP contribution in [0.2, 0.25) is 0 Å². The van der Waals surface area contributed by atoms with Gasteiger partial charge in [0.15, 0.2) is 0 Å². The van der Waals surface area contributed by atoms with Crippen LogP contribution in [0.1, 0.15) is 219 Å². The summed E-state index contributed by atoms with van der Waals surface area (Å²) in [5, 5.41) is 3.14. The van der Waals surface area contributed by atoms with Crippen LogP contribution in [0.15, 0.2) is 24.3 Å². The Bertz CT molecular complexity index is 580. The molecule has 0 aromatic heterocycles. The van der Waals surface area contributed by atoms with Gasteiger partial charge in [0.25, 0.3) is 0 Å². The minimum atomic E-state index is 0.267. The van der Waals surface area contributed by atoms with E-state index in [-0.39, 0.29) is 5.91 Å². The summed E-state index contributed by atoms with van der Waals surface area (Å²) in [6.07, 6.45) is 47.2. The predicted molar refractivity (Wildman–Crippen MR) is 190 cm³/mol. The van der Waals surface area contributed by atoms with E-state index in [1.54, 1.807) is 0 Å². The molecule has 0 spiro atoms. The van der Waals surface area contributed by atoms with Crippen LogP contribution in [-0.2, 0) is 4.79 Å². The fraction of sp³-hybridized carbons (Fsp3) is 0.875. The molecule has 1 amide bonds. The van der Waals surface area contributed by atoms with Crippen LogP contribution < -0.4 is 5.32 Å². The number of carbonyl (C=O) groups is 1. The number of allylic oxidation sites excluding steroid dienone is 3. The summed E-state index contributed by atoms with van der Waals surface area (Å²) in [5.41, 5.74) is 1.33. The Morgan fingerprint density at radius 1 is 0.476 bits per heavy atom. The third-order valence-electron chi connectivity index (χ3n) is 8.77. The Hall–Kier alpha value is -1.05. The Balaban J connectivity index is 3.20. The predicted octanol–water partition coefficient (Wildman–Crippen LogP) is 13.7. The molecule has 248 valence electrons. The van der Waals surface area contributed by atoms with Crippen molar-refractivity contribution in [2.45, 2.75) is 219 Å². The molecule has 0 fully saturated rings. The van der Waals surface area contributed by atoms with Crippen LogP contribution in [0.4, 0.5) is 0 Å². The Labute approximate surface area is 265 Å². The third-order valence-corrected chi connectivity index (χ3v) is 8.77. The highest BCUT2D eigenvalue weighted by Crippen LogP contribution is 2.14. The van der Waals surface area contributed by atoms with E-state index >= 15 is 0 Å². The molecule has 0 aliphatic rings. The molecule has 2 heteroatoms. The van der Waals surface area contributed by atoms with Crippen molar-refractivity contribution >= 4 is 5.91 Å². The van der Waals surface area contributed by atoms with Crippen molar-refractivity contribution in [3.05, 3.63) is 24.3 Å². The molecule has 0 atom stereocenters. The molecule has 0 heterocycles. The van der Waals surface area contributed by atoms with Crippen molar-refractivity contribution in [3.8, 4) is 0 Å². The fourth-order valence-corrected chi connectivity index (χ4v) is 5.88. The molecule has 1 N–H and O–H groups in total. The van der Waals surface area contributed by atoms with Crippen LogP contribution >= 0.6 is 0 Å². The Morgan fingerprint density at radius 3 is 1.21 bits per heavy atom. The highest BCUT2D eigenvalue weighted by molar-refractivity contribution is 5.75. The molecule has 0 aromatic rings. The van der Waals surface area contributed by atoms with Gasteiger partial charge in [-0.05, 0) is 58.3 Å². The molecule has 0 radical (unpaired) electrons. The largest absolute Gasteiger partial charge is 0.356 e. The highest BCUT2D eigenvalue weighted by Gasteiger charge is 2.01. The summed E-state index contributed by atoms with van der Waals surface area (Å²) in [6, 6.07) is 0. The monoisotopic (exact) mass is 588 g/mol. The van der Waals surface area contributed by atoms with E-state index in [4.69, 9.17) is 0 Å². The SMILES string of the molecule is C=C(C)CCCCCCCCC=CCCCCCCCCC(=O)NCCCCCCCCCCCCCCCCCC. The summed E-state index contributed by atoms with van der Waals surface area (Å²) < 4.78 is 0. The van der Waals surface area contributed by atoms with Crippen LogP contribution in [0.5, 0.6) is 0 Å². The summed E-state index contributed by atoms with van der Waals surface area (Å²) in [6.45, 7) is 9.29. The van der Waals surface area contributed by atoms with Crippen molar-refractivity contribution in [3.63, 3.8) is 0 Å². The summed E-state index contributed by atoms with van der Waals surface area (Å²) >= 11 is 0. The highest BCUT2D eigenvalue weighted by atomic mass is 16.1. The molecule has 42 heavy (non-hydrogen) atoms. The van der Waals surface area contributed by atoms with E-state index in [1.807, 2.05) is 0 Å². The topological polar surface area (TPSA) is 29.1 Å². The van der Waals surface area contributed by atoms with Crippen molar-refractivity contribution in [2.75, 3.05) is 6.54 Å². The van der Waals surface area contributed by atoms with Crippen LogP contribution in [0.25, 0.3) is 0 Å². The molecular weight excluding hydrogens is 510 g/mol. The van der Waals surface area contributed by atoms with Crippen molar-refractivity contribution in [1.29, 1.82) is 0 Å². The van der Waals surface area contributed by atoms with Gasteiger partial charge in [0.1, 0.15) is 0 Å². The Morgan fingerprint density at radius 2 is 0.810 bits per heavy atom. The van der Waals surface area contributed by atoms with Gasteiger partial charge in [-0.2, -0.15) is 0 Å². The van der Waals surface area contributed by atoms with Gasteiger partial charge < -0.3 is 5.32 Å². The quantitative estimate of drug-likeness (QED) is 0.0580. The minimum Gasteiger partial charge on any atom is -0.356 e. The van der Waals surface area contributed by atoms with E-state index in [9.17, 15) is 4.79 Å². The maximum Gasteiger partial charge on any atom is 0.219 e. The molecule has 2 nitrogen and oxygen atoms in total. The molecule has 0 unspecified atom stereocenters. The van der Waals surface area contributed by atoms with Crippen molar-refractivity contribution < 1.29 is 4.79 Å². The summed E-state index contributed by atoms with van der Waals surface area (Å²) in [5.74, 6) is 0.267. The molecule has 0 aliphatic carbocycles. The standard InChI is InChI=1S/C40H77NO/c1-4-5-6-7-8-9-10-11-12-17-20-23-26-29-32-35-38-41-40(42)37-34-31-28-25-22-19-16-14-13-15-18-21-24-27-30-33-36-39(2)3/h13-14H,2,4-12,15-38H2,1,3H3,(H,41,42). The maximum atomic E-state index is 12.1. The van der Waals surface area contributed by atoms with Crippen LogP contribution in [0, 0.1) is 0 Å². The first kappa shape index (κ1) is 41.0. The zero-order chi connectivity index (χ0) is 30.6. The lowest BCUT2D eigenvalue weighted by Gasteiger charge is -2.06. The third kappa shape index (κ3) is 37.0. The lowest BCUT2D eigenvalue weighted by atomic mass is 10.0. The fourth-order valence-electron chi connectivity index (χ4n) is 5.88. The zero-order valence-corrected chi connectivity index (χ0v) is 29.1. The summed E-state index contributed by atoms with van der Waals surface area (Å²) in [7, 11) is 0. The van der Waals surface area contributed by atoms with E-state index < -0.39 is 0 Å². The first-order valence-electron chi connectivity index (χ1n) is 19.2. The van der Waals surface area contributed by atoms with Crippen molar-refractivity contribution in [2.24, 2.45) is 0 Å². The number of amides is 1. The normalized spacial score (nSPS) is 11.5. The average molecular weight is 588 g/mol. The average Bonchev–Trinajstić information content (AvgIpc) is 2.98. The number of rotatable bonds is 35. The number of nitrogens with one attached hydrogen (secondary N) is 1. The molecule has 0 aromatic carbocycles. The smallest absolute Gasteiger partial charge is 0.219 e. The number of hydrogen-bond acceptors (Lipinski definition) is 1. The van der Waals surface area contributed by atoms with Crippen LogP contribution in [0.3, 0.4) is 0 Å². The zero-order valence-electron chi connectivity index (χ0n) is 29.1. The van der Waals surface area contributed by atoms with Crippen molar-refractivity contribution in [1.82, 2.24) is 5.32 Å². The lowest BCUT2D eigenvalue weighted by Crippen LogP contribution is -2.23. The van der Waals surface area contributed by atoms with Gasteiger partial charge in [-0.1, -0.05) is 172 Å². The van der Waals surface area contributed by atoms with E-state index in [0.29, 0.717) is 0 Å². The number of unbranched alkanes of at least 4 members (excludes halogenated alkanes) is 27.